The Morgan fingerprint density at radius 1 is 1.36 bits per heavy atom. The molecule has 0 saturated carbocycles. The summed E-state index contributed by atoms with van der Waals surface area (Å²) in [4.78, 5) is 1.55. The quantitative estimate of drug-likeness (QED) is 0.695. The van der Waals surface area contributed by atoms with Gasteiger partial charge in [-0.2, -0.15) is 0 Å². The van der Waals surface area contributed by atoms with Crippen molar-refractivity contribution in [3.8, 4) is 5.75 Å². The van der Waals surface area contributed by atoms with Gasteiger partial charge in [0.05, 0.1) is 26.9 Å². The van der Waals surface area contributed by atoms with Gasteiger partial charge in [-0.3, -0.25) is 0 Å². The number of hydrogen-bond acceptors (Lipinski definition) is 3. The van der Waals surface area contributed by atoms with Crippen LogP contribution in [0.1, 0.15) is 13.8 Å². The third kappa shape index (κ3) is 4.83. The fourth-order valence-corrected chi connectivity index (χ4v) is 2.79. The van der Waals surface area contributed by atoms with Crippen LogP contribution in [0.5, 0.6) is 5.75 Å². The van der Waals surface area contributed by atoms with Crippen molar-refractivity contribution >= 4 is 23.0 Å². The fourth-order valence-electron chi connectivity index (χ4n) is 2.60. The summed E-state index contributed by atoms with van der Waals surface area (Å²) in [6.07, 6.45) is 0. The summed E-state index contributed by atoms with van der Waals surface area (Å²) in [7, 11) is 1.66. The van der Waals surface area contributed by atoms with E-state index in [-0.39, 0.29) is 5.54 Å². The molecule has 1 aliphatic heterocycles. The Labute approximate surface area is 138 Å². The van der Waals surface area contributed by atoms with Crippen LogP contribution in [0.4, 0.5) is 5.69 Å². The van der Waals surface area contributed by atoms with Crippen LogP contribution in [0.15, 0.2) is 24.3 Å². The van der Waals surface area contributed by atoms with Crippen molar-refractivity contribution in [2.45, 2.75) is 19.4 Å². The van der Waals surface area contributed by atoms with Crippen molar-refractivity contribution in [3.63, 3.8) is 0 Å². The van der Waals surface area contributed by atoms with Crippen LogP contribution in [0.25, 0.3) is 0 Å². The molecule has 0 amide bonds. The highest BCUT2D eigenvalue weighted by molar-refractivity contribution is 7.80. The highest BCUT2D eigenvalue weighted by Gasteiger charge is 2.32. The minimum Gasteiger partial charge on any atom is -0.497 e. The van der Waals surface area contributed by atoms with E-state index in [1.165, 1.54) is 0 Å². The Balaban J connectivity index is 1.83. The van der Waals surface area contributed by atoms with Crippen molar-refractivity contribution in [1.29, 1.82) is 0 Å². The molecule has 0 spiro atoms. The van der Waals surface area contributed by atoms with E-state index in [0.717, 1.165) is 44.3 Å². The average molecular weight is 324 g/mol. The van der Waals surface area contributed by atoms with E-state index in [2.05, 4.69) is 24.5 Å². The lowest BCUT2D eigenvalue weighted by Crippen LogP contribution is -3.22. The van der Waals surface area contributed by atoms with Crippen LogP contribution >= 0.6 is 12.2 Å². The molecule has 3 N–H and O–H groups in total. The molecule has 1 aliphatic rings. The lowest BCUT2D eigenvalue weighted by atomic mass is 10.0. The topological polar surface area (TPSA) is 47.0 Å². The molecule has 22 heavy (non-hydrogen) atoms. The molecule has 122 valence electrons. The summed E-state index contributed by atoms with van der Waals surface area (Å²) >= 11 is 5.39. The maximum atomic E-state index is 5.43. The zero-order valence-corrected chi connectivity index (χ0v) is 14.4. The van der Waals surface area contributed by atoms with E-state index in [1.54, 1.807) is 12.0 Å². The van der Waals surface area contributed by atoms with E-state index in [1.807, 2.05) is 24.3 Å². The van der Waals surface area contributed by atoms with Gasteiger partial charge in [-0.15, -0.1) is 0 Å². The van der Waals surface area contributed by atoms with Gasteiger partial charge in [-0.25, -0.2) is 0 Å². The average Bonchev–Trinajstić information content (AvgIpc) is 2.54. The monoisotopic (exact) mass is 324 g/mol. The number of anilines is 1. The number of methoxy groups -OCH3 is 1. The van der Waals surface area contributed by atoms with Gasteiger partial charge in [-0.05, 0) is 38.2 Å². The largest absolute Gasteiger partial charge is 0.497 e. The molecule has 0 unspecified atom stereocenters. The Hall–Kier alpha value is -1.37. The van der Waals surface area contributed by atoms with E-state index in [0.29, 0.717) is 5.11 Å². The Morgan fingerprint density at radius 2 is 2.09 bits per heavy atom. The van der Waals surface area contributed by atoms with Gasteiger partial charge in [0.15, 0.2) is 5.11 Å². The summed E-state index contributed by atoms with van der Waals surface area (Å²) in [5.41, 5.74) is 1.04. The lowest BCUT2D eigenvalue weighted by Gasteiger charge is -2.37. The van der Waals surface area contributed by atoms with Gasteiger partial charge in [0.1, 0.15) is 24.4 Å². The zero-order valence-electron chi connectivity index (χ0n) is 13.6. The van der Waals surface area contributed by atoms with Gasteiger partial charge in [0, 0.05) is 11.8 Å². The van der Waals surface area contributed by atoms with Gasteiger partial charge >= 0.3 is 0 Å². The number of morpholine rings is 1. The Bertz CT molecular complexity index is 502. The molecule has 2 rings (SSSR count). The molecule has 0 bridgehead atoms. The summed E-state index contributed by atoms with van der Waals surface area (Å²) in [6.45, 7) is 9.10. The third-order valence-electron chi connectivity index (χ3n) is 4.07. The summed E-state index contributed by atoms with van der Waals surface area (Å²) in [5, 5.41) is 7.16. The van der Waals surface area contributed by atoms with E-state index < -0.39 is 0 Å². The molecular formula is C16H26N3O2S+. The lowest BCUT2D eigenvalue weighted by molar-refractivity contribution is -0.954. The molecule has 6 heteroatoms. The first-order valence-corrected chi connectivity index (χ1v) is 8.04. The third-order valence-corrected chi connectivity index (χ3v) is 4.32. The number of benzene rings is 1. The molecule has 0 radical (unpaired) electrons. The number of quaternary nitrogens is 1. The van der Waals surface area contributed by atoms with Crippen LogP contribution in [0.3, 0.4) is 0 Å². The standard InChI is InChI=1S/C16H25N3O2S/c1-16(2,19-7-9-21-10-8-19)12-17-15(22)18-13-5-4-6-14(11-13)20-3/h4-6,11H,7-10,12H2,1-3H3,(H2,17,18,22)/p+1. The van der Waals surface area contributed by atoms with Crippen LogP contribution in [0.2, 0.25) is 0 Å². The van der Waals surface area contributed by atoms with Crippen LogP contribution in [0, 0.1) is 0 Å². The minimum atomic E-state index is 0.115. The summed E-state index contributed by atoms with van der Waals surface area (Å²) in [5.74, 6) is 0.811. The summed E-state index contributed by atoms with van der Waals surface area (Å²) in [6, 6.07) is 7.74. The number of ether oxygens (including phenoxy) is 2. The molecule has 1 saturated heterocycles. The van der Waals surface area contributed by atoms with E-state index in [9.17, 15) is 0 Å². The highest BCUT2D eigenvalue weighted by atomic mass is 32.1. The molecule has 1 aromatic rings. The molecule has 1 heterocycles. The van der Waals surface area contributed by atoms with Crippen LogP contribution < -0.4 is 20.3 Å². The van der Waals surface area contributed by atoms with Crippen LogP contribution in [-0.4, -0.2) is 50.6 Å². The normalized spacial score (nSPS) is 16.1. The second kappa shape index (κ2) is 7.76. The molecule has 0 atom stereocenters. The smallest absolute Gasteiger partial charge is 0.171 e. The first-order valence-electron chi connectivity index (χ1n) is 7.63. The second-order valence-electron chi connectivity index (χ2n) is 6.14. The molecular weight excluding hydrogens is 298 g/mol. The molecule has 0 aromatic heterocycles. The van der Waals surface area contributed by atoms with Crippen molar-refractivity contribution in [2.75, 3.05) is 45.3 Å². The SMILES string of the molecule is COc1cccc(NC(=S)NCC(C)(C)[NH+]2CCOCC2)c1. The van der Waals surface area contributed by atoms with Crippen LogP contribution in [-0.2, 0) is 4.74 Å². The van der Waals surface area contributed by atoms with E-state index >= 15 is 0 Å². The van der Waals surface area contributed by atoms with Gasteiger partial charge in [0.2, 0.25) is 0 Å². The minimum absolute atomic E-state index is 0.115. The van der Waals surface area contributed by atoms with Crippen molar-refractivity contribution in [3.05, 3.63) is 24.3 Å². The van der Waals surface area contributed by atoms with Gasteiger partial charge in [0.25, 0.3) is 0 Å². The number of thiocarbonyl (C=S) groups is 1. The predicted octanol–water partition coefficient (Wildman–Crippen LogP) is 0.675. The Morgan fingerprint density at radius 3 is 2.77 bits per heavy atom. The number of nitrogens with one attached hydrogen (secondary N) is 3. The van der Waals surface area contributed by atoms with E-state index in [4.69, 9.17) is 21.7 Å². The Kier molecular flexibility index (Phi) is 5.99. The first kappa shape index (κ1) is 17.0. The number of hydrogen-bond donors (Lipinski definition) is 3. The maximum absolute atomic E-state index is 5.43. The highest BCUT2D eigenvalue weighted by Crippen LogP contribution is 2.16. The fraction of sp³-hybridized carbons (Fsp3) is 0.562. The van der Waals surface area contributed by atoms with Crippen molar-refractivity contribution in [1.82, 2.24) is 5.32 Å². The molecule has 1 aromatic carbocycles. The number of rotatable bonds is 5. The molecule has 5 nitrogen and oxygen atoms in total. The molecule has 0 aliphatic carbocycles. The summed E-state index contributed by atoms with van der Waals surface area (Å²) < 4.78 is 10.6. The molecule has 1 fully saturated rings. The maximum Gasteiger partial charge on any atom is 0.171 e. The van der Waals surface area contributed by atoms with Crippen molar-refractivity contribution in [2.24, 2.45) is 0 Å². The first-order chi connectivity index (χ1) is 10.5. The zero-order chi connectivity index (χ0) is 16.0. The predicted molar refractivity (Wildman–Crippen MR) is 92.8 cm³/mol. The van der Waals surface area contributed by atoms with Crippen molar-refractivity contribution < 1.29 is 14.4 Å². The second-order valence-corrected chi connectivity index (χ2v) is 6.55. The van der Waals surface area contributed by atoms with Gasteiger partial charge in [-0.1, -0.05) is 6.07 Å². The van der Waals surface area contributed by atoms with Gasteiger partial charge < -0.3 is 25.0 Å².